The van der Waals surface area contributed by atoms with Crippen molar-refractivity contribution in [2.75, 3.05) is 0 Å². The number of hydrogen-bond donors (Lipinski definition) is 1. The summed E-state index contributed by atoms with van der Waals surface area (Å²) < 4.78 is 5.54. The second-order valence-electron chi connectivity index (χ2n) is 5.81. The van der Waals surface area contributed by atoms with Crippen molar-refractivity contribution in [1.29, 1.82) is 0 Å². The van der Waals surface area contributed by atoms with E-state index in [0.29, 0.717) is 5.89 Å². The Morgan fingerprint density at radius 1 is 1.18 bits per heavy atom. The highest BCUT2D eigenvalue weighted by atomic mass is 16.4. The first-order chi connectivity index (χ1) is 10.4. The van der Waals surface area contributed by atoms with Gasteiger partial charge in [-0.1, -0.05) is 17.7 Å². The van der Waals surface area contributed by atoms with Gasteiger partial charge in [0.1, 0.15) is 12.1 Å². The summed E-state index contributed by atoms with van der Waals surface area (Å²) in [5.74, 6) is 0.269. The van der Waals surface area contributed by atoms with Crippen LogP contribution in [0.1, 0.15) is 25.3 Å². The van der Waals surface area contributed by atoms with E-state index in [1.54, 1.807) is 13.8 Å². The number of aromatic nitrogens is 2. The van der Waals surface area contributed by atoms with Crippen molar-refractivity contribution in [1.82, 2.24) is 20.4 Å². The summed E-state index contributed by atoms with van der Waals surface area (Å²) in [6, 6.07) is 7.19. The van der Waals surface area contributed by atoms with Crippen LogP contribution in [0.25, 0.3) is 11.5 Å². The normalized spacial score (nSPS) is 17.0. The van der Waals surface area contributed by atoms with E-state index in [2.05, 4.69) is 15.5 Å². The maximum Gasteiger partial charge on any atom is 0.325 e. The van der Waals surface area contributed by atoms with Crippen LogP contribution in [0.2, 0.25) is 0 Å². The van der Waals surface area contributed by atoms with Gasteiger partial charge in [-0.15, -0.1) is 10.2 Å². The lowest BCUT2D eigenvalue weighted by molar-refractivity contribution is -0.130. The second kappa shape index (κ2) is 4.94. The molecule has 1 aliphatic heterocycles. The summed E-state index contributed by atoms with van der Waals surface area (Å²) in [5.41, 5.74) is 1.02. The fourth-order valence-corrected chi connectivity index (χ4v) is 2.23. The van der Waals surface area contributed by atoms with Crippen LogP contribution in [0.3, 0.4) is 0 Å². The highest BCUT2D eigenvalue weighted by molar-refractivity contribution is 6.06. The molecule has 22 heavy (non-hydrogen) atoms. The molecule has 2 aromatic rings. The van der Waals surface area contributed by atoms with E-state index >= 15 is 0 Å². The van der Waals surface area contributed by atoms with Crippen molar-refractivity contribution in [3.63, 3.8) is 0 Å². The van der Waals surface area contributed by atoms with Crippen molar-refractivity contribution in [2.24, 2.45) is 0 Å². The Bertz CT molecular complexity index is 734. The molecule has 1 aliphatic rings. The van der Waals surface area contributed by atoms with Gasteiger partial charge in [-0.05, 0) is 32.9 Å². The Labute approximate surface area is 127 Å². The Hall–Kier alpha value is -2.70. The van der Waals surface area contributed by atoms with Gasteiger partial charge in [0.15, 0.2) is 0 Å². The third-order valence-corrected chi connectivity index (χ3v) is 3.50. The van der Waals surface area contributed by atoms with E-state index in [0.717, 1.165) is 16.0 Å². The van der Waals surface area contributed by atoms with Crippen molar-refractivity contribution < 1.29 is 14.0 Å². The van der Waals surface area contributed by atoms with E-state index in [4.69, 9.17) is 4.42 Å². The highest BCUT2D eigenvalue weighted by Gasteiger charge is 2.44. The summed E-state index contributed by atoms with van der Waals surface area (Å²) >= 11 is 0. The van der Waals surface area contributed by atoms with Crippen molar-refractivity contribution >= 4 is 11.9 Å². The number of urea groups is 1. The number of benzene rings is 1. The van der Waals surface area contributed by atoms with Crippen molar-refractivity contribution in [2.45, 2.75) is 32.9 Å². The van der Waals surface area contributed by atoms with Crippen molar-refractivity contribution in [3.05, 3.63) is 35.7 Å². The van der Waals surface area contributed by atoms with Gasteiger partial charge in [0.2, 0.25) is 11.8 Å². The molecule has 1 N–H and O–H groups in total. The molecule has 0 aliphatic carbocycles. The minimum absolute atomic E-state index is 0.0348. The topological polar surface area (TPSA) is 88.3 Å². The Balaban J connectivity index is 1.79. The van der Waals surface area contributed by atoms with Crippen LogP contribution in [0, 0.1) is 6.92 Å². The lowest BCUT2D eigenvalue weighted by atomic mass is 10.1. The standard InChI is InChI=1S/C15H16N4O3/c1-9-4-6-10(7-5-9)12-18-17-11(22-12)8-19-13(20)15(2,3)16-14(19)21/h4-7H,8H2,1-3H3,(H,16,21). The minimum atomic E-state index is -0.906. The summed E-state index contributed by atoms with van der Waals surface area (Å²) in [6.45, 7) is 5.26. The predicted molar refractivity (Wildman–Crippen MR) is 77.6 cm³/mol. The summed E-state index contributed by atoms with van der Waals surface area (Å²) in [4.78, 5) is 25.0. The van der Waals surface area contributed by atoms with E-state index in [9.17, 15) is 9.59 Å². The van der Waals surface area contributed by atoms with Crippen LogP contribution < -0.4 is 5.32 Å². The van der Waals surface area contributed by atoms with E-state index < -0.39 is 11.6 Å². The van der Waals surface area contributed by atoms with Crippen LogP contribution in [0.5, 0.6) is 0 Å². The number of hydrogen-bond acceptors (Lipinski definition) is 5. The molecule has 1 fully saturated rings. The van der Waals surface area contributed by atoms with Crippen LogP contribution in [0.15, 0.2) is 28.7 Å². The Morgan fingerprint density at radius 3 is 2.45 bits per heavy atom. The number of carbonyl (C=O) groups is 2. The third-order valence-electron chi connectivity index (χ3n) is 3.50. The van der Waals surface area contributed by atoms with E-state index in [-0.39, 0.29) is 18.3 Å². The number of imide groups is 1. The first-order valence-electron chi connectivity index (χ1n) is 6.90. The molecule has 0 spiro atoms. The summed E-state index contributed by atoms with van der Waals surface area (Å²) in [7, 11) is 0. The molecule has 1 aromatic heterocycles. The molecule has 0 radical (unpaired) electrons. The van der Waals surface area contributed by atoms with Gasteiger partial charge in [0.05, 0.1) is 0 Å². The number of carbonyl (C=O) groups excluding carboxylic acids is 2. The maximum atomic E-state index is 12.1. The van der Waals surface area contributed by atoms with Gasteiger partial charge in [0, 0.05) is 5.56 Å². The van der Waals surface area contributed by atoms with Crippen LogP contribution in [-0.4, -0.2) is 32.6 Å². The first kappa shape index (κ1) is 14.2. The molecule has 0 saturated carbocycles. The number of nitrogens with zero attached hydrogens (tertiary/aromatic N) is 3. The number of rotatable bonds is 3. The third kappa shape index (κ3) is 2.45. The van der Waals surface area contributed by atoms with Gasteiger partial charge in [-0.25, -0.2) is 4.79 Å². The molecule has 0 unspecified atom stereocenters. The number of amides is 3. The monoisotopic (exact) mass is 300 g/mol. The molecule has 0 atom stereocenters. The Kier molecular flexibility index (Phi) is 3.20. The molecule has 3 amide bonds. The molecule has 2 heterocycles. The molecular weight excluding hydrogens is 284 g/mol. The smallest absolute Gasteiger partial charge is 0.325 e. The van der Waals surface area contributed by atoms with Gasteiger partial charge in [-0.2, -0.15) is 0 Å². The predicted octanol–water partition coefficient (Wildman–Crippen LogP) is 1.88. The number of nitrogens with one attached hydrogen (secondary N) is 1. The molecule has 1 aromatic carbocycles. The Morgan fingerprint density at radius 2 is 1.86 bits per heavy atom. The minimum Gasteiger partial charge on any atom is -0.419 e. The summed E-state index contributed by atoms with van der Waals surface area (Å²) in [6.07, 6.45) is 0. The lowest BCUT2D eigenvalue weighted by Gasteiger charge is -2.14. The maximum absolute atomic E-state index is 12.1. The largest absolute Gasteiger partial charge is 0.419 e. The molecule has 7 nitrogen and oxygen atoms in total. The summed E-state index contributed by atoms with van der Waals surface area (Å²) in [5, 5.41) is 10.5. The van der Waals surface area contributed by atoms with E-state index in [1.807, 2.05) is 31.2 Å². The highest BCUT2D eigenvalue weighted by Crippen LogP contribution is 2.22. The van der Waals surface area contributed by atoms with Gasteiger partial charge >= 0.3 is 6.03 Å². The lowest BCUT2D eigenvalue weighted by Crippen LogP contribution is -2.40. The number of aryl methyl sites for hydroxylation is 1. The van der Waals surface area contributed by atoms with Crippen LogP contribution >= 0.6 is 0 Å². The molecule has 1 saturated heterocycles. The zero-order chi connectivity index (χ0) is 15.9. The van der Waals surface area contributed by atoms with Crippen molar-refractivity contribution in [3.8, 4) is 11.5 Å². The van der Waals surface area contributed by atoms with Gasteiger partial charge in [0.25, 0.3) is 5.91 Å². The zero-order valence-electron chi connectivity index (χ0n) is 12.6. The molecular formula is C15H16N4O3. The average molecular weight is 300 g/mol. The fraction of sp³-hybridized carbons (Fsp3) is 0.333. The second-order valence-corrected chi connectivity index (χ2v) is 5.81. The quantitative estimate of drug-likeness (QED) is 0.874. The van der Waals surface area contributed by atoms with Gasteiger partial charge in [-0.3, -0.25) is 9.69 Å². The van der Waals surface area contributed by atoms with Crippen LogP contribution in [0.4, 0.5) is 4.79 Å². The van der Waals surface area contributed by atoms with Gasteiger partial charge < -0.3 is 9.73 Å². The SMILES string of the molecule is Cc1ccc(-c2nnc(CN3C(=O)NC(C)(C)C3=O)o2)cc1. The molecule has 3 rings (SSSR count). The molecule has 0 bridgehead atoms. The molecule has 114 valence electrons. The van der Waals surface area contributed by atoms with E-state index in [1.165, 1.54) is 0 Å². The van der Waals surface area contributed by atoms with Crippen LogP contribution in [-0.2, 0) is 11.3 Å². The molecule has 7 heteroatoms. The first-order valence-corrected chi connectivity index (χ1v) is 6.90. The zero-order valence-corrected chi connectivity index (χ0v) is 12.6. The fourth-order valence-electron chi connectivity index (χ4n) is 2.23. The average Bonchev–Trinajstić information content (AvgIpc) is 2.99.